The fraction of sp³-hybridized carbons (Fsp3) is 0.500. The van der Waals surface area contributed by atoms with E-state index in [1.165, 1.54) is 11.1 Å². The molecule has 142 valence electrons. The lowest BCUT2D eigenvalue weighted by molar-refractivity contribution is 0.192. The highest BCUT2D eigenvalue weighted by atomic mass is 35.5. The van der Waals surface area contributed by atoms with Gasteiger partial charge in [-0.25, -0.2) is 4.79 Å². The molecular weight excluding hydrogens is 354 g/mol. The van der Waals surface area contributed by atoms with Gasteiger partial charge in [-0.05, 0) is 31.5 Å². The largest absolute Gasteiger partial charge is 0.339 e. The summed E-state index contributed by atoms with van der Waals surface area (Å²) in [5.41, 5.74) is 2.56. The number of amides is 2. The fourth-order valence-corrected chi connectivity index (χ4v) is 2.91. The summed E-state index contributed by atoms with van der Waals surface area (Å²) in [5, 5.41) is 10.0. The van der Waals surface area contributed by atoms with Gasteiger partial charge in [0.25, 0.3) is 0 Å². The first kappa shape index (κ1) is 20.2. The Labute approximate surface area is 159 Å². The highest BCUT2D eigenvalue weighted by Crippen LogP contribution is 2.18. The summed E-state index contributed by atoms with van der Waals surface area (Å²) in [5.74, 6) is 1.25. The smallest absolute Gasteiger partial charge is 0.317 e. The standard InChI is InChI=1S/C18H25N5O2.ClH/c1-13(19-2)11-16-21-17(25-22-16)7-9-20-18(24)23-10-8-14-5-3-4-6-15(14)12-23;/h3-6,13,19H,7-12H2,1-2H3,(H,20,24);1H. The molecular formula is C18H26ClN5O2. The topological polar surface area (TPSA) is 83.3 Å². The second kappa shape index (κ2) is 9.54. The van der Waals surface area contributed by atoms with E-state index in [1.54, 1.807) is 0 Å². The molecule has 0 radical (unpaired) electrons. The van der Waals surface area contributed by atoms with Crippen molar-refractivity contribution in [1.82, 2.24) is 25.7 Å². The lowest BCUT2D eigenvalue weighted by Gasteiger charge is -2.28. The Hall–Kier alpha value is -2.12. The quantitative estimate of drug-likeness (QED) is 0.801. The van der Waals surface area contributed by atoms with Gasteiger partial charge in [0.05, 0.1) is 0 Å². The monoisotopic (exact) mass is 379 g/mol. The van der Waals surface area contributed by atoms with E-state index in [0.717, 1.165) is 19.4 Å². The second-order valence-electron chi connectivity index (χ2n) is 6.42. The number of nitrogens with one attached hydrogen (secondary N) is 2. The Morgan fingerprint density at radius 3 is 2.88 bits per heavy atom. The number of nitrogens with zero attached hydrogens (tertiary/aromatic N) is 3. The maximum atomic E-state index is 12.3. The number of rotatable bonds is 6. The Balaban J connectivity index is 0.00000243. The maximum Gasteiger partial charge on any atom is 0.317 e. The van der Waals surface area contributed by atoms with Crippen LogP contribution in [0.15, 0.2) is 28.8 Å². The highest BCUT2D eigenvalue weighted by Gasteiger charge is 2.20. The van der Waals surface area contributed by atoms with Crippen LogP contribution in [0.25, 0.3) is 0 Å². The van der Waals surface area contributed by atoms with E-state index in [-0.39, 0.29) is 18.4 Å². The Morgan fingerprint density at radius 2 is 2.12 bits per heavy atom. The predicted octanol–water partition coefficient (Wildman–Crippen LogP) is 1.95. The average molecular weight is 380 g/mol. The molecule has 1 unspecified atom stereocenters. The van der Waals surface area contributed by atoms with Crippen LogP contribution in [-0.2, 0) is 25.8 Å². The third-order valence-electron chi connectivity index (χ3n) is 4.52. The third kappa shape index (κ3) is 5.19. The Bertz CT molecular complexity index is 721. The minimum absolute atomic E-state index is 0. The van der Waals surface area contributed by atoms with Gasteiger partial charge in [-0.15, -0.1) is 12.4 Å². The van der Waals surface area contributed by atoms with Crippen molar-refractivity contribution < 1.29 is 9.32 Å². The first-order valence-electron chi connectivity index (χ1n) is 8.74. The minimum Gasteiger partial charge on any atom is -0.339 e. The molecule has 2 heterocycles. The molecule has 26 heavy (non-hydrogen) atoms. The zero-order chi connectivity index (χ0) is 17.6. The first-order chi connectivity index (χ1) is 12.2. The van der Waals surface area contributed by atoms with Crippen LogP contribution in [0.2, 0.25) is 0 Å². The number of benzene rings is 1. The van der Waals surface area contributed by atoms with Gasteiger partial charge in [-0.2, -0.15) is 4.98 Å². The lowest BCUT2D eigenvalue weighted by Crippen LogP contribution is -2.43. The zero-order valence-corrected chi connectivity index (χ0v) is 16.0. The molecule has 0 fully saturated rings. The van der Waals surface area contributed by atoms with Gasteiger partial charge in [0.2, 0.25) is 5.89 Å². The van der Waals surface area contributed by atoms with Crippen molar-refractivity contribution in [3.05, 3.63) is 47.1 Å². The molecule has 2 aromatic rings. The number of hydrogen-bond donors (Lipinski definition) is 2. The second-order valence-corrected chi connectivity index (χ2v) is 6.42. The average Bonchev–Trinajstić information content (AvgIpc) is 3.08. The van der Waals surface area contributed by atoms with Gasteiger partial charge >= 0.3 is 6.03 Å². The van der Waals surface area contributed by atoms with Gasteiger partial charge in [0, 0.05) is 38.5 Å². The number of aromatic nitrogens is 2. The van der Waals surface area contributed by atoms with Crippen LogP contribution in [0, 0.1) is 0 Å². The SMILES string of the molecule is CNC(C)Cc1noc(CCNC(=O)N2CCc3ccccc3C2)n1.Cl. The number of fused-ring (bicyclic) bond motifs is 1. The summed E-state index contributed by atoms with van der Waals surface area (Å²) >= 11 is 0. The van der Waals surface area contributed by atoms with E-state index in [1.807, 2.05) is 24.1 Å². The van der Waals surface area contributed by atoms with Crippen molar-refractivity contribution in [1.29, 1.82) is 0 Å². The summed E-state index contributed by atoms with van der Waals surface area (Å²) in [6, 6.07) is 8.53. The number of halogens is 1. The van der Waals surface area contributed by atoms with Crippen LogP contribution >= 0.6 is 12.4 Å². The van der Waals surface area contributed by atoms with Crippen molar-refractivity contribution in [2.24, 2.45) is 0 Å². The van der Waals surface area contributed by atoms with E-state index in [0.29, 0.717) is 37.3 Å². The van der Waals surface area contributed by atoms with Gasteiger partial charge in [-0.1, -0.05) is 29.4 Å². The molecule has 1 aliphatic rings. The molecule has 0 aliphatic carbocycles. The third-order valence-corrected chi connectivity index (χ3v) is 4.52. The zero-order valence-electron chi connectivity index (χ0n) is 15.2. The summed E-state index contributed by atoms with van der Waals surface area (Å²) in [7, 11) is 1.90. The summed E-state index contributed by atoms with van der Waals surface area (Å²) < 4.78 is 5.23. The van der Waals surface area contributed by atoms with Crippen molar-refractivity contribution in [3.63, 3.8) is 0 Å². The molecule has 7 nitrogen and oxygen atoms in total. The van der Waals surface area contributed by atoms with Gasteiger partial charge in [0.1, 0.15) is 0 Å². The number of likely N-dealkylation sites (N-methyl/N-ethyl adjacent to an activating group) is 1. The summed E-state index contributed by atoms with van der Waals surface area (Å²) in [6.45, 7) is 3.96. The molecule has 2 amide bonds. The predicted molar refractivity (Wildman–Crippen MR) is 101 cm³/mol. The summed E-state index contributed by atoms with van der Waals surface area (Å²) in [6.07, 6.45) is 2.16. The maximum absolute atomic E-state index is 12.3. The molecule has 1 aromatic heterocycles. The number of hydrogen-bond acceptors (Lipinski definition) is 5. The lowest BCUT2D eigenvalue weighted by atomic mass is 10.0. The molecule has 1 aromatic carbocycles. The van der Waals surface area contributed by atoms with Crippen LogP contribution < -0.4 is 10.6 Å². The molecule has 1 aliphatic heterocycles. The van der Waals surface area contributed by atoms with E-state index in [9.17, 15) is 4.79 Å². The van der Waals surface area contributed by atoms with Crippen LogP contribution in [0.3, 0.4) is 0 Å². The minimum atomic E-state index is -0.0435. The van der Waals surface area contributed by atoms with Crippen molar-refractivity contribution >= 4 is 18.4 Å². The van der Waals surface area contributed by atoms with E-state index in [2.05, 4.69) is 39.8 Å². The van der Waals surface area contributed by atoms with Crippen LogP contribution in [0.1, 0.15) is 29.8 Å². The molecule has 1 atom stereocenters. The van der Waals surface area contributed by atoms with Gasteiger partial charge in [0.15, 0.2) is 5.82 Å². The molecule has 0 bridgehead atoms. The number of urea groups is 1. The van der Waals surface area contributed by atoms with E-state index < -0.39 is 0 Å². The molecule has 0 saturated carbocycles. The number of carbonyl (C=O) groups is 1. The molecule has 2 N–H and O–H groups in total. The molecule has 0 spiro atoms. The van der Waals surface area contributed by atoms with Gasteiger partial charge < -0.3 is 20.1 Å². The summed E-state index contributed by atoms with van der Waals surface area (Å²) in [4.78, 5) is 18.5. The van der Waals surface area contributed by atoms with E-state index >= 15 is 0 Å². The van der Waals surface area contributed by atoms with Crippen LogP contribution in [-0.4, -0.2) is 47.3 Å². The molecule has 8 heteroatoms. The van der Waals surface area contributed by atoms with Crippen LogP contribution in [0.4, 0.5) is 4.79 Å². The van der Waals surface area contributed by atoms with Crippen molar-refractivity contribution in [3.8, 4) is 0 Å². The highest BCUT2D eigenvalue weighted by molar-refractivity contribution is 5.85. The fourth-order valence-electron chi connectivity index (χ4n) is 2.91. The molecule has 0 saturated heterocycles. The number of carbonyl (C=O) groups excluding carboxylic acids is 1. The van der Waals surface area contributed by atoms with Crippen LogP contribution in [0.5, 0.6) is 0 Å². The van der Waals surface area contributed by atoms with E-state index in [4.69, 9.17) is 4.52 Å². The van der Waals surface area contributed by atoms with Gasteiger partial charge in [-0.3, -0.25) is 0 Å². The van der Waals surface area contributed by atoms with Crippen molar-refractivity contribution in [2.75, 3.05) is 20.1 Å². The van der Waals surface area contributed by atoms with Crippen molar-refractivity contribution in [2.45, 2.75) is 38.8 Å². The Kier molecular flexibility index (Phi) is 7.41. The first-order valence-corrected chi connectivity index (χ1v) is 8.74. The normalized spacial score (nSPS) is 14.3. The Morgan fingerprint density at radius 1 is 1.35 bits per heavy atom. The molecule has 3 rings (SSSR count).